The van der Waals surface area contributed by atoms with Gasteiger partial charge in [0.15, 0.2) is 0 Å². The van der Waals surface area contributed by atoms with Crippen LogP contribution >= 0.6 is 0 Å². The molecule has 5 rings (SSSR count). The molecule has 0 fully saturated rings. The lowest BCUT2D eigenvalue weighted by Gasteiger charge is -2.32. The van der Waals surface area contributed by atoms with Crippen molar-refractivity contribution in [2.75, 3.05) is 18.0 Å². The normalized spacial score (nSPS) is 12.9. The number of benzene rings is 4. The van der Waals surface area contributed by atoms with Gasteiger partial charge in [0.25, 0.3) is 5.91 Å². The third-order valence-corrected chi connectivity index (χ3v) is 7.65. The number of carbonyl (C=O) groups excluding carboxylic acids is 3. The molecule has 0 radical (unpaired) electrons. The SMILES string of the molecule is CCNC(=O)C(Cc1ccccc1)N(Cc1ccccc1C)C(=O)CCCN1C(=O)c2cccc3cccc1c23. The number of aryl methyl sites for hydroxylation is 1. The highest BCUT2D eigenvalue weighted by molar-refractivity contribution is 6.25. The van der Waals surface area contributed by atoms with E-state index in [9.17, 15) is 14.4 Å². The van der Waals surface area contributed by atoms with Crippen LogP contribution in [0.3, 0.4) is 0 Å². The molecule has 6 heteroatoms. The molecule has 1 N–H and O–H groups in total. The van der Waals surface area contributed by atoms with Gasteiger partial charge < -0.3 is 15.1 Å². The summed E-state index contributed by atoms with van der Waals surface area (Å²) in [5.41, 5.74) is 4.68. The summed E-state index contributed by atoms with van der Waals surface area (Å²) in [6, 6.07) is 28.8. The zero-order valence-electron chi connectivity index (χ0n) is 23.1. The Hall–Kier alpha value is -4.45. The summed E-state index contributed by atoms with van der Waals surface area (Å²) < 4.78 is 0. The van der Waals surface area contributed by atoms with Crippen LogP contribution in [0, 0.1) is 6.92 Å². The average Bonchev–Trinajstić information content (AvgIpc) is 3.24. The van der Waals surface area contributed by atoms with Crippen molar-refractivity contribution in [2.24, 2.45) is 0 Å². The monoisotopic (exact) mass is 533 g/mol. The number of likely N-dealkylation sites (N-methyl/N-ethyl adjacent to an activating group) is 1. The van der Waals surface area contributed by atoms with Gasteiger partial charge in [-0.3, -0.25) is 14.4 Å². The number of nitrogens with one attached hydrogen (secondary N) is 1. The fourth-order valence-electron chi connectivity index (χ4n) is 5.55. The van der Waals surface area contributed by atoms with Crippen LogP contribution in [0.25, 0.3) is 10.8 Å². The molecule has 40 heavy (non-hydrogen) atoms. The Kier molecular flexibility index (Phi) is 8.25. The van der Waals surface area contributed by atoms with Crippen LogP contribution in [0.1, 0.15) is 46.8 Å². The second-order valence-corrected chi connectivity index (χ2v) is 10.3. The minimum Gasteiger partial charge on any atom is -0.355 e. The second-order valence-electron chi connectivity index (χ2n) is 10.3. The van der Waals surface area contributed by atoms with E-state index in [0.29, 0.717) is 38.0 Å². The third kappa shape index (κ3) is 5.62. The van der Waals surface area contributed by atoms with Crippen molar-refractivity contribution in [1.29, 1.82) is 0 Å². The summed E-state index contributed by atoms with van der Waals surface area (Å²) in [6.07, 6.45) is 1.14. The first-order valence-corrected chi connectivity index (χ1v) is 14.0. The van der Waals surface area contributed by atoms with E-state index < -0.39 is 6.04 Å². The molecular weight excluding hydrogens is 498 g/mol. The number of anilines is 1. The Morgan fingerprint density at radius 3 is 2.38 bits per heavy atom. The molecule has 0 aliphatic carbocycles. The zero-order valence-corrected chi connectivity index (χ0v) is 23.1. The standard InChI is InChI=1S/C34H35N3O3/c1-3-35-33(39)30(22-25-13-5-4-6-14-25)37(23-27-15-8-7-12-24(27)2)31(38)20-11-21-36-29-19-10-17-26-16-9-18-28(32(26)29)34(36)40/h4-10,12-19,30H,3,11,20-23H2,1-2H3,(H,35,39). The number of amides is 3. The lowest BCUT2D eigenvalue weighted by molar-refractivity contribution is -0.141. The maximum Gasteiger partial charge on any atom is 0.258 e. The third-order valence-electron chi connectivity index (χ3n) is 7.65. The van der Waals surface area contributed by atoms with E-state index in [1.807, 2.05) is 105 Å². The maximum absolute atomic E-state index is 13.9. The van der Waals surface area contributed by atoms with E-state index in [1.54, 1.807) is 9.80 Å². The van der Waals surface area contributed by atoms with E-state index in [2.05, 4.69) is 5.32 Å². The molecule has 1 unspecified atom stereocenters. The van der Waals surface area contributed by atoms with Crippen molar-refractivity contribution in [1.82, 2.24) is 10.2 Å². The van der Waals surface area contributed by atoms with Gasteiger partial charge in [0.05, 0.1) is 5.69 Å². The van der Waals surface area contributed by atoms with Crippen LogP contribution in [0.15, 0.2) is 91.0 Å². The molecule has 1 heterocycles. The van der Waals surface area contributed by atoms with Gasteiger partial charge >= 0.3 is 0 Å². The topological polar surface area (TPSA) is 69.7 Å². The maximum atomic E-state index is 13.9. The van der Waals surface area contributed by atoms with Crippen molar-refractivity contribution in [3.8, 4) is 0 Å². The first-order chi connectivity index (χ1) is 19.5. The van der Waals surface area contributed by atoms with Gasteiger partial charge in [-0.1, -0.05) is 78.9 Å². The molecule has 1 atom stereocenters. The molecule has 204 valence electrons. The van der Waals surface area contributed by atoms with Crippen LogP contribution < -0.4 is 10.2 Å². The van der Waals surface area contributed by atoms with Gasteiger partial charge in [0.1, 0.15) is 6.04 Å². The van der Waals surface area contributed by atoms with Crippen LogP contribution in [0.4, 0.5) is 5.69 Å². The lowest BCUT2D eigenvalue weighted by Crippen LogP contribution is -2.50. The number of carbonyl (C=O) groups is 3. The molecule has 4 aromatic carbocycles. The Morgan fingerprint density at radius 1 is 0.900 bits per heavy atom. The van der Waals surface area contributed by atoms with Crippen molar-refractivity contribution < 1.29 is 14.4 Å². The first-order valence-electron chi connectivity index (χ1n) is 14.0. The van der Waals surface area contributed by atoms with Gasteiger partial charge in [0, 0.05) is 43.4 Å². The molecular formula is C34H35N3O3. The molecule has 0 spiro atoms. The Balaban J connectivity index is 1.37. The molecule has 4 aromatic rings. The quantitative estimate of drug-likeness (QED) is 0.270. The smallest absolute Gasteiger partial charge is 0.258 e. The fourth-order valence-corrected chi connectivity index (χ4v) is 5.55. The molecule has 1 aliphatic heterocycles. The molecule has 1 aliphatic rings. The number of rotatable bonds is 11. The highest BCUT2D eigenvalue weighted by atomic mass is 16.2. The molecule has 3 amide bonds. The highest BCUT2D eigenvalue weighted by Crippen LogP contribution is 2.37. The number of hydrogen-bond acceptors (Lipinski definition) is 3. The number of hydrogen-bond donors (Lipinski definition) is 1. The van der Waals surface area contributed by atoms with Crippen molar-refractivity contribution in [3.63, 3.8) is 0 Å². The van der Waals surface area contributed by atoms with Crippen LogP contribution in [-0.4, -0.2) is 41.8 Å². The van der Waals surface area contributed by atoms with Crippen molar-refractivity contribution in [3.05, 3.63) is 113 Å². The predicted octanol–water partition coefficient (Wildman–Crippen LogP) is 5.66. The molecule has 6 nitrogen and oxygen atoms in total. The van der Waals surface area contributed by atoms with Gasteiger partial charge in [-0.2, -0.15) is 0 Å². The molecule has 0 saturated heterocycles. The van der Waals surface area contributed by atoms with E-state index in [-0.39, 0.29) is 24.1 Å². The summed E-state index contributed by atoms with van der Waals surface area (Å²) in [7, 11) is 0. The fraction of sp³-hybridized carbons (Fsp3) is 0.265. The Bertz CT molecular complexity index is 1530. The minimum absolute atomic E-state index is 0.0275. The van der Waals surface area contributed by atoms with Gasteiger partial charge in [-0.05, 0) is 54.5 Å². The van der Waals surface area contributed by atoms with Crippen LogP contribution in [-0.2, 0) is 22.6 Å². The first kappa shape index (κ1) is 27.1. The summed E-state index contributed by atoms with van der Waals surface area (Å²) in [6.45, 7) is 5.17. The van der Waals surface area contributed by atoms with Gasteiger partial charge in [0.2, 0.25) is 11.8 Å². The predicted molar refractivity (Wildman–Crippen MR) is 159 cm³/mol. The summed E-state index contributed by atoms with van der Waals surface area (Å²) in [5.74, 6) is -0.289. The van der Waals surface area contributed by atoms with Crippen molar-refractivity contribution >= 4 is 34.2 Å². The van der Waals surface area contributed by atoms with Gasteiger partial charge in [-0.15, -0.1) is 0 Å². The van der Waals surface area contributed by atoms with E-state index in [0.717, 1.165) is 33.2 Å². The summed E-state index contributed by atoms with van der Waals surface area (Å²) in [4.78, 5) is 44.0. The van der Waals surface area contributed by atoms with Gasteiger partial charge in [-0.25, -0.2) is 0 Å². The van der Waals surface area contributed by atoms with E-state index >= 15 is 0 Å². The Morgan fingerprint density at radius 2 is 1.62 bits per heavy atom. The molecule has 0 saturated carbocycles. The largest absolute Gasteiger partial charge is 0.355 e. The zero-order chi connectivity index (χ0) is 28.1. The van der Waals surface area contributed by atoms with Crippen LogP contribution in [0.2, 0.25) is 0 Å². The lowest BCUT2D eigenvalue weighted by atomic mass is 10.0. The minimum atomic E-state index is -0.652. The summed E-state index contributed by atoms with van der Waals surface area (Å²) in [5, 5.41) is 4.96. The average molecular weight is 534 g/mol. The molecule has 0 aromatic heterocycles. The van der Waals surface area contributed by atoms with E-state index in [1.165, 1.54) is 0 Å². The highest BCUT2D eigenvalue weighted by Gasteiger charge is 2.32. The summed E-state index contributed by atoms with van der Waals surface area (Å²) >= 11 is 0. The second kappa shape index (κ2) is 12.2. The number of nitrogens with zero attached hydrogens (tertiary/aromatic N) is 2. The van der Waals surface area contributed by atoms with E-state index in [4.69, 9.17) is 0 Å². The van der Waals surface area contributed by atoms with Crippen molar-refractivity contribution in [2.45, 2.75) is 45.7 Å². The Labute approximate surface area is 235 Å². The van der Waals surface area contributed by atoms with Crippen LogP contribution in [0.5, 0.6) is 0 Å². The molecule has 0 bridgehead atoms.